The number of hydrogen-bond donors (Lipinski definition) is 4. The van der Waals surface area contributed by atoms with Gasteiger partial charge in [-0.05, 0) is 60.4 Å². The SMILES string of the molecule is CC(=O)Nc1ccc(SC[C@@H]2C[C@H](c3ccc(CO)cc3)O[C@H](c3cccc(NC(=O)CCCCC(=O)O)c3)O2)cc1. The van der Waals surface area contributed by atoms with E-state index in [0.29, 0.717) is 30.7 Å². The van der Waals surface area contributed by atoms with Gasteiger partial charge in [-0.1, -0.05) is 36.4 Å². The zero-order valence-corrected chi connectivity index (χ0v) is 24.3. The molecule has 1 aliphatic heterocycles. The molecule has 0 unspecified atom stereocenters. The zero-order chi connectivity index (χ0) is 29.9. The highest BCUT2D eigenvalue weighted by atomic mass is 32.2. The van der Waals surface area contributed by atoms with E-state index in [0.717, 1.165) is 27.3 Å². The molecule has 222 valence electrons. The van der Waals surface area contributed by atoms with Gasteiger partial charge < -0.3 is 30.3 Å². The first kappa shape index (κ1) is 31.2. The normalized spacial score (nSPS) is 18.3. The van der Waals surface area contributed by atoms with Crippen LogP contribution in [0.2, 0.25) is 0 Å². The number of aliphatic hydroxyl groups is 1. The van der Waals surface area contributed by atoms with Gasteiger partial charge in [-0.15, -0.1) is 11.8 Å². The van der Waals surface area contributed by atoms with Gasteiger partial charge in [0.1, 0.15) is 0 Å². The summed E-state index contributed by atoms with van der Waals surface area (Å²) in [6.45, 7) is 1.44. The van der Waals surface area contributed by atoms with E-state index in [1.165, 1.54) is 6.92 Å². The van der Waals surface area contributed by atoms with Crippen LogP contribution in [0.25, 0.3) is 0 Å². The fraction of sp³-hybridized carbons (Fsp3) is 0.344. The smallest absolute Gasteiger partial charge is 0.303 e. The number of amides is 2. The van der Waals surface area contributed by atoms with E-state index in [9.17, 15) is 19.5 Å². The van der Waals surface area contributed by atoms with Crippen molar-refractivity contribution in [3.05, 3.63) is 89.5 Å². The Kier molecular flexibility index (Phi) is 11.5. The topological polar surface area (TPSA) is 134 Å². The maximum atomic E-state index is 12.4. The molecule has 0 radical (unpaired) electrons. The number of carbonyl (C=O) groups excluding carboxylic acids is 2. The average molecular weight is 593 g/mol. The van der Waals surface area contributed by atoms with Gasteiger partial charge in [-0.3, -0.25) is 14.4 Å². The van der Waals surface area contributed by atoms with E-state index in [1.54, 1.807) is 17.8 Å². The summed E-state index contributed by atoms with van der Waals surface area (Å²) in [6.07, 6.45) is 0.830. The summed E-state index contributed by atoms with van der Waals surface area (Å²) in [5, 5.41) is 23.9. The molecular weight excluding hydrogens is 556 g/mol. The first-order valence-corrected chi connectivity index (χ1v) is 14.9. The molecule has 2 amide bonds. The minimum absolute atomic E-state index is 0.0321. The maximum Gasteiger partial charge on any atom is 0.303 e. The third kappa shape index (κ3) is 9.70. The first-order chi connectivity index (χ1) is 20.3. The molecule has 3 aromatic carbocycles. The Morgan fingerprint density at radius 2 is 1.62 bits per heavy atom. The Bertz CT molecular complexity index is 1350. The van der Waals surface area contributed by atoms with Crippen LogP contribution in [0.3, 0.4) is 0 Å². The highest BCUT2D eigenvalue weighted by Crippen LogP contribution is 2.40. The van der Waals surface area contributed by atoms with Crippen molar-refractivity contribution in [1.29, 1.82) is 0 Å². The Labute approximate surface area is 249 Å². The number of rotatable bonds is 13. The van der Waals surface area contributed by atoms with Crippen molar-refractivity contribution in [2.24, 2.45) is 0 Å². The second-order valence-corrected chi connectivity index (χ2v) is 11.2. The molecule has 1 heterocycles. The van der Waals surface area contributed by atoms with Crippen molar-refractivity contribution in [3.8, 4) is 0 Å². The lowest BCUT2D eigenvalue weighted by Gasteiger charge is -2.36. The monoisotopic (exact) mass is 592 g/mol. The third-order valence-electron chi connectivity index (χ3n) is 6.71. The Morgan fingerprint density at radius 3 is 2.31 bits per heavy atom. The number of thioether (sulfide) groups is 1. The van der Waals surface area contributed by atoms with Gasteiger partial charge in [0.2, 0.25) is 11.8 Å². The molecule has 4 rings (SSSR count). The molecule has 3 aromatic rings. The van der Waals surface area contributed by atoms with Crippen molar-refractivity contribution in [3.63, 3.8) is 0 Å². The predicted molar refractivity (Wildman–Crippen MR) is 161 cm³/mol. The highest BCUT2D eigenvalue weighted by molar-refractivity contribution is 7.99. The lowest BCUT2D eigenvalue weighted by Crippen LogP contribution is -2.31. The van der Waals surface area contributed by atoms with Gasteiger partial charge in [0.25, 0.3) is 0 Å². The van der Waals surface area contributed by atoms with Crippen LogP contribution in [0.4, 0.5) is 11.4 Å². The van der Waals surface area contributed by atoms with Crippen molar-refractivity contribution in [1.82, 2.24) is 0 Å². The Morgan fingerprint density at radius 1 is 0.881 bits per heavy atom. The van der Waals surface area contributed by atoms with Crippen LogP contribution in [-0.4, -0.2) is 39.9 Å². The summed E-state index contributed by atoms with van der Waals surface area (Å²) in [6, 6.07) is 22.7. The van der Waals surface area contributed by atoms with Crippen LogP contribution in [0, 0.1) is 0 Å². The van der Waals surface area contributed by atoms with E-state index in [2.05, 4.69) is 10.6 Å². The molecule has 0 spiro atoms. The van der Waals surface area contributed by atoms with Crippen LogP contribution in [0.15, 0.2) is 77.7 Å². The summed E-state index contributed by atoms with van der Waals surface area (Å²) in [5.74, 6) is -0.481. The van der Waals surface area contributed by atoms with Gasteiger partial charge in [-0.2, -0.15) is 0 Å². The van der Waals surface area contributed by atoms with Crippen molar-refractivity contribution in [2.45, 2.75) is 69.0 Å². The largest absolute Gasteiger partial charge is 0.481 e. The van der Waals surface area contributed by atoms with Crippen LogP contribution in [0.5, 0.6) is 0 Å². The second kappa shape index (κ2) is 15.5. The first-order valence-electron chi connectivity index (χ1n) is 13.9. The van der Waals surface area contributed by atoms with Crippen LogP contribution >= 0.6 is 11.8 Å². The summed E-state index contributed by atoms with van der Waals surface area (Å²) < 4.78 is 12.8. The van der Waals surface area contributed by atoms with E-state index in [-0.39, 0.29) is 43.5 Å². The molecule has 3 atom stereocenters. The lowest BCUT2D eigenvalue weighted by atomic mass is 10.0. The number of benzene rings is 3. The molecule has 1 saturated heterocycles. The minimum Gasteiger partial charge on any atom is -0.481 e. The number of aliphatic carboxylic acids is 1. The fourth-order valence-corrected chi connectivity index (χ4v) is 5.52. The summed E-state index contributed by atoms with van der Waals surface area (Å²) in [7, 11) is 0. The number of anilines is 2. The number of nitrogens with one attached hydrogen (secondary N) is 2. The number of aliphatic hydroxyl groups excluding tert-OH is 1. The van der Waals surface area contributed by atoms with Gasteiger partial charge in [0.05, 0.1) is 18.8 Å². The van der Waals surface area contributed by atoms with Crippen molar-refractivity contribution < 1.29 is 34.1 Å². The predicted octanol–water partition coefficient (Wildman–Crippen LogP) is 6.06. The van der Waals surface area contributed by atoms with E-state index in [4.69, 9.17) is 14.6 Å². The Hall–Kier alpha value is -3.70. The van der Waals surface area contributed by atoms with Gasteiger partial charge >= 0.3 is 5.97 Å². The molecule has 0 aromatic heterocycles. The summed E-state index contributed by atoms with van der Waals surface area (Å²) >= 11 is 1.66. The molecule has 0 saturated carbocycles. The summed E-state index contributed by atoms with van der Waals surface area (Å²) in [4.78, 5) is 35.5. The quantitative estimate of drug-likeness (QED) is 0.139. The maximum absolute atomic E-state index is 12.4. The molecule has 0 aliphatic carbocycles. The highest BCUT2D eigenvalue weighted by Gasteiger charge is 2.32. The second-order valence-electron chi connectivity index (χ2n) is 10.1. The summed E-state index contributed by atoms with van der Waals surface area (Å²) in [5.41, 5.74) is 3.94. The number of carboxylic acids is 1. The lowest BCUT2D eigenvalue weighted by molar-refractivity contribution is -0.245. The average Bonchev–Trinajstić information content (AvgIpc) is 2.98. The van der Waals surface area contributed by atoms with E-state index < -0.39 is 12.3 Å². The number of carboxylic acid groups (broad SMARTS) is 1. The minimum atomic E-state index is -0.866. The number of hydrogen-bond acceptors (Lipinski definition) is 7. The fourth-order valence-electron chi connectivity index (χ4n) is 4.60. The number of ether oxygens (including phenoxy) is 2. The number of carbonyl (C=O) groups is 3. The third-order valence-corrected chi connectivity index (χ3v) is 7.86. The van der Waals surface area contributed by atoms with Gasteiger partial charge in [0.15, 0.2) is 6.29 Å². The van der Waals surface area contributed by atoms with Crippen LogP contribution in [0.1, 0.15) is 68.1 Å². The molecule has 0 bridgehead atoms. The van der Waals surface area contributed by atoms with E-state index in [1.807, 2.05) is 66.7 Å². The van der Waals surface area contributed by atoms with Crippen molar-refractivity contribution >= 4 is 40.9 Å². The standard InChI is InChI=1S/C32H36N2O7S/c1-21(36)33-25-13-15-28(16-14-25)42-20-27-18-29(23-11-9-22(19-35)10-12-23)41-32(40-27)24-5-4-6-26(17-24)34-30(37)7-2-3-8-31(38)39/h4-6,9-17,27,29,32,35H,2-3,7-8,18-20H2,1H3,(H,33,36)(H,34,37)(H,38,39)/t27-,29+,32+/m0/s1. The molecule has 1 fully saturated rings. The molecule has 4 N–H and O–H groups in total. The van der Waals surface area contributed by atoms with Crippen LogP contribution in [-0.2, 0) is 30.5 Å². The molecule has 10 heteroatoms. The van der Waals surface area contributed by atoms with Gasteiger partial charge in [0, 0.05) is 53.8 Å². The molecule has 42 heavy (non-hydrogen) atoms. The molecule has 1 aliphatic rings. The van der Waals surface area contributed by atoms with Crippen LogP contribution < -0.4 is 10.6 Å². The molecule has 9 nitrogen and oxygen atoms in total. The Balaban J connectivity index is 1.45. The van der Waals surface area contributed by atoms with Crippen molar-refractivity contribution in [2.75, 3.05) is 16.4 Å². The van der Waals surface area contributed by atoms with E-state index >= 15 is 0 Å². The van der Waals surface area contributed by atoms with Gasteiger partial charge in [-0.25, -0.2) is 0 Å². The molecular formula is C32H36N2O7S. The number of unbranched alkanes of at least 4 members (excludes halogenated alkanes) is 1. The zero-order valence-electron chi connectivity index (χ0n) is 23.5.